The van der Waals surface area contributed by atoms with Crippen molar-refractivity contribution < 1.29 is 17.9 Å². The molecule has 0 saturated carbocycles. The molecule has 0 fully saturated rings. The first-order valence-electron chi connectivity index (χ1n) is 6.37. The molecule has 2 rings (SSSR count). The third-order valence-corrected chi connectivity index (χ3v) is 3.07. The number of benzene rings is 1. The second-order valence-corrected chi connectivity index (χ2v) is 4.69. The summed E-state index contributed by atoms with van der Waals surface area (Å²) < 4.78 is 40.1. The second kappa shape index (κ2) is 6.13. The Balaban J connectivity index is 2.06. The van der Waals surface area contributed by atoms with E-state index in [0.29, 0.717) is 6.42 Å². The smallest absolute Gasteiger partial charge is 0.406 e. The van der Waals surface area contributed by atoms with Gasteiger partial charge in [-0.15, -0.1) is 13.2 Å². The van der Waals surface area contributed by atoms with Gasteiger partial charge in [0.1, 0.15) is 5.75 Å². The minimum atomic E-state index is -4.69. The summed E-state index contributed by atoms with van der Waals surface area (Å²) in [6.07, 6.45) is -2.48. The maximum Gasteiger partial charge on any atom is 0.573 e. The first-order chi connectivity index (χ1) is 9.85. The van der Waals surface area contributed by atoms with Crippen LogP contribution in [0.25, 0.3) is 0 Å². The fraction of sp³-hybridized carbons (Fsp3) is 0.267. The van der Waals surface area contributed by atoms with Gasteiger partial charge in [0, 0.05) is 24.4 Å². The van der Waals surface area contributed by atoms with Crippen LogP contribution in [0, 0.1) is 6.92 Å². The first-order valence-corrected chi connectivity index (χ1v) is 6.37. The number of alkyl halides is 3. The molecule has 3 nitrogen and oxygen atoms in total. The number of halogens is 3. The van der Waals surface area contributed by atoms with Crippen LogP contribution in [-0.2, 0) is 6.42 Å². The molecule has 2 aromatic rings. The molecule has 1 heterocycles. The summed E-state index contributed by atoms with van der Waals surface area (Å²) in [4.78, 5) is 4.26. The molecule has 1 atom stereocenters. The van der Waals surface area contributed by atoms with Gasteiger partial charge in [0.25, 0.3) is 0 Å². The summed E-state index contributed by atoms with van der Waals surface area (Å²) >= 11 is 0. The van der Waals surface area contributed by atoms with Gasteiger partial charge in [-0.1, -0.05) is 18.2 Å². The highest BCUT2D eigenvalue weighted by Crippen LogP contribution is 2.25. The van der Waals surface area contributed by atoms with Crippen molar-refractivity contribution in [1.82, 2.24) is 4.98 Å². The molecule has 0 saturated heterocycles. The Morgan fingerprint density at radius 3 is 2.43 bits per heavy atom. The monoisotopic (exact) mass is 296 g/mol. The predicted molar refractivity (Wildman–Crippen MR) is 72.7 cm³/mol. The molecular weight excluding hydrogens is 281 g/mol. The van der Waals surface area contributed by atoms with Crippen molar-refractivity contribution in [2.45, 2.75) is 25.7 Å². The largest absolute Gasteiger partial charge is 0.573 e. The zero-order valence-electron chi connectivity index (χ0n) is 11.4. The molecule has 0 aliphatic rings. The zero-order chi connectivity index (χ0) is 15.5. The van der Waals surface area contributed by atoms with Crippen LogP contribution in [-0.4, -0.2) is 11.3 Å². The number of rotatable bonds is 4. The molecule has 112 valence electrons. The van der Waals surface area contributed by atoms with Crippen LogP contribution in [0.4, 0.5) is 13.2 Å². The standard InChI is InChI=1S/C15H15F3N2O/c1-10-3-2-8-20-14(10)9-13(19)11-4-6-12(7-5-11)21-15(16,17)18/h2-8,13H,9,19H2,1H3. The van der Waals surface area contributed by atoms with Gasteiger partial charge in [-0.2, -0.15) is 0 Å². The van der Waals surface area contributed by atoms with E-state index in [2.05, 4.69) is 9.72 Å². The van der Waals surface area contributed by atoms with Gasteiger partial charge in [0.15, 0.2) is 0 Å². The lowest BCUT2D eigenvalue weighted by atomic mass is 10.0. The molecule has 1 unspecified atom stereocenters. The summed E-state index contributed by atoms with van der Waals surface area (Å²) in [5.74, 6) is -0.257. The molecule has 21 heavy (non-hydrogen) atoms. The quantitative estimate of drug-likeness (QED) is 0.939. The van der Waals surface area contributed by atoms with Crippen molar-refractivity contribution in [2.24, 2.45) is 5.73 Å². The van der Waals surface area contributed by atoms with Gasteiger partial charge < -0.3 is 10.5 Å². The van der Waals surface area contributed by atoms with Crippen LogP contribution in [0.3, 0.4) is 0 Å². The van der Waals surface area contributed by atoms with Gasteiger partial charge in [-0.25, -0.2) is 0 Å². The highest BCUT2D eigenvalue weighted by molar-refractivity contribution is 5.30. The summed E-state index contributed by atoms with van der Waals surface area (Å²) in [7, 11) is 0. The predicted octanol–water partition coefficient (Wildman–Crippen LogP) is 3.53. The molecule has 0 aliphatic carbocycles. The molecule has 0 bridgehead atoms. The van der Waals surface area contributed by atoms with Gasteiger partial charge in [0.05, 0.1) is 0 Å². The Morgan fingerprint density at radius 1 is 1.19 bits per heavy atom. The molecule has 2 N–H and O–H groups in total. The number of pyridine rings is 1. The normalized spacial score (nSPS) is 13.0. The fourth-order valence-corrected chi connectivity index (χ4v) is 1.97. The van der Waals surface area contributed by atoms with Crippen molar-refractivity contribution in [2.75, 3.05) is 0 Å². The Labute approximate surface area is 120 Å². The fourth-order valence-electron chi connectivity index (χ4n) is 1.97. The number of aryl methyl sites for hydroxylation is 1. The Bertz CT molecular complexity index is 597. The van der Waals surface area contributed by atoms with Gasteiger partial charge in [0.2, 0.25) is 0 Å². The molecule has 0 aliphatic heterocycles. The Hall–Kier alpha value is -2.08. The number of nitrogens with two attached hydrogens (primary N) is 1. The first kappa shape index (κ1) is 15.3. The van der Waals surface area contributed by atoms with Gasteiger partial charge >= 0.3 is 6.36 Å². The van der Waals surface area contributed by atoms with E-state index in [1.807, 2.05) is 19.1 Å². The van der Waals surface area contributed by atoms with Crippen LogP contribution in [0.15, 0.2) is 42.6 Å². The van der Waals surface area contributed by atoms with Crippen LogP contribution < -0.4 is 10.5 Å². The molecule has 0 amide bonds. The van der Waals surface area contributed by atoms with Crippen LogP contribution in [0.2, 0.25) is 0 Å². The van der Waals surface area contributed by atoms with E-state index >= 15 is 0 Å². The third kappa shape index (κ3) is 4.46. The SMILES string of the molecule is Cc1cccnc1CC(N)c1ccc(OC(F)(F)F)cc1. The van der Waals surface area contributed by atoms with E-state index in [1.165, 1.54) is 24.3 Å². The molecular formula is C15H15F3N2O. The summed E-state index contributed by atoms with van der Waals surface area (Å²) in [6.45, 7) is 1.94. The van der Waals surface area contributed by atoms with Crippen LogP contribution in [0.1, 0.15) is 22.9 Å². The minimum absolute atomic E-state index is 0.257. The zero-order valence-corrected chi connectivity index (χ0v) is 11.4. The maximum absolute atomic E-state index is 12.1. The molecule has 0 spiro atoms. The number of hydrogen-bond acceptors (Lipinski definition) is 3. The highest BCUT2D eigenvalue weighted by Gasteiger charge is 2.31. The lowest BCUT2D eigenvalue weighted by molar-refractivity contribution is -0.274. The van der Waals surface area contributed by atoms with Crippen LogP contribution in [0.5, 0.6) is 5.75 Å². The minimum Gasteiger partial charge on any atom is -0.406 e. The van der Waals surface area contributed by atoms with Crippen molar-refractivity contribution >= 4 is 0 Å². The topological polar surface area (TPSA) is 48.1 Å². The van der Waals surface area contributed by atoms with E-state index < -0.39 is 6.36 Å². The summed E-state index contributed by atoms with van der Waals surface area (Å²) in [6, 6.07) is 9.03. The lowest BCUT2D eigenvalue weighted by Gasteiger charge is -2.14. The van der Waals surface area contributed by atoms with Crippen molar-refractivity contribution in [3.05, 3.63) is 59.4 Å². The number of ether oxygens (including phenoxy) is 1. The highest BCUT2D eigenvalue weighted by atomic mass is 19.4. The molecule has 6 heteroatoms. The molecule has 0 radical (unpaired) electrons. The lowest BCUT2D eigenvalue weighted by Crippen LogP contribution is -2.17. The van der Waals surface area contributed by atoms with Crippen molar-refractivity contribution in [3.8, 4) is 5.75 Å². The van der Waals surface area contributed by atoms with Gasteiger partial charge in [-0.05, 0) is 36.2 Å². The third-order valence-electron chi connectivity index (χ3n) is 3.07. The Morgan fingerprint density at radius 2 is 1.86 bits per heavy atom. The van der Waals surface area contributed by atoms with E-state index in [9.17, 15) is 13.2 Å². The molecule has 1 aromatic heterocycles. The van der Waals surface area contributed by atoms with E-state index in [4.69, 9.17) is 5.73 Å². The summed E-state index contributed by atoms with van der Waals surface area (Å²) in [5.41, 5.74) is 8.71. The van der Waals surface area contributed by atoms with Crippen LogP contribution >= 0.6 is 0 Å². The summed E-state index contributed by atoms with van der Waals surface area (Å²) in [5, 5.41) is 0. The van der Waals surface area contributed by atoms with Crippen molar-refractivity contribution in [3.63, 3.8) is 0 Å². The molecule has 1 aromatic carbocycles. The van der Waals surface area contributed by atoms with E-state index in [1.54, 1.807) is 6.20 Å². The Kier molecular flexibility index (Phi) is 4.47. The number of aromatic nitrogens is 1. The average Bonchev–Trinajstić information content (AvgIpc) is 2.40. The van der Waals surface area contributed by atoms with E-state index in [-0.39, 0.29) is 11.8 Å². The van der Waals surface area contributed by atoms with E-state index in [0.717, 1.165) is 16.8 Å². The second-order valence-electron chi connectivity index (χ2n) is 4.69. The number of nitrogens with zero attached hydrogens (tertiary/aromatic N) is 1. The van der Waals surface area contributed by atoms with Crippen molar-refractivity contribution in [1.29, 1.82) is 0 Å². The maximum atomic E-state index is 12.1. The van der Waals surface area contributed by atoms with Gasteiger partial charge in [-0.3, -0.25) is 4.98 Å². The average molecular weight is 296 g/mol. The number of hydrogen-bond donors (Lipinski definition) is 1.